The van der Waals surface area contributed by atoms with Crippen molar-refractivity contribution in [3.63, 3.8) is 0 Å². The second-order valence-corrected chi connectivity index (χ2v) is 7.14. The van der Waals surface area contributed by atoms with Gasteiger partial charge in [-0.05, 0) is 23.6 Å². The van der Waals surface area contributed by atoms with Crippen molar-refractivity contribution in [3.8, 4) is 0 Å². The Labute approximate surface area is 147 Å². The molecule has 1 heterocycles. The average Bonchev–Trinajstić information content (AvgIpc) is 2.33. The molecule has 0 bridgehead atoms. The average molecular weight is 402 g/mol. The lowest BCUT2D eigenvalue weighted by molar-refractivity contribution is 0.0834. The maximum atomic E-state index is 14.2. The summed E-state index contributed by atoms with van der Waals surface area (Å²) in [7, 11) is 0. The zero-order valence-corrected chi connectivity index (χ0v) is 15.9. The fourth-order valence-corrected chi connectivity index (χ4v) is 3.25. The second kappa shape index (κ2) is 8.68. The zero-order chi connectivity index (χ0) is 14.0. The highest BCUT2D eigenvalue weighted by Gasteiger charge is 2.34. The fourth-order valence-electron chi connectivity index (χ4n) is 2.88. The summed E-state index contributed by atoms with van der Waals surface area (Å²) in [5.41, 5.74) is 0.794. The van der Waals surface area contributed by atoms with E-state index in [4.69, 9.17) is 0 Å². The van der Waals surface area contributed by atoms with Crippen LogP contribution in [0.15, 0.2) is 22.7 Å². The number of nitrogens with one attached hydrogen (secondary N) is 1. The predicted molar refractivity (Wildman–Crippen MR) is 95.2 cm³/mol. The molecule has 0 spiro atoms. The lowest BCUT2D eigenvalue weighted by atomic mass is 9.80. The summed E-state index contributed by atoms with van der Waals surface area (Å²) >= 11 is 3.46. The molecule has 1 aliphatic heterocycles. The van der Waals surface area contributed by atoms with Gasteiger partial charge in [0.15, 0.2) is 0 Å². The van der Waals surface area contributed by atoms with Crippen molar-refractivity contribution >= 4 is 40.7 Å². The van der Waals surface area contributed by atoms with Crippen molar-refractivity contribution in [2.24, 2.45) is 5.41 Å². The van der Waals surface area contributed by atoms with E-state index in [0.717, 1.165) is 36.2 Å². The number of hydrogen-bond acceptors (Lipinski definition) is 2. The van der Waals surface area contributed by atoms with Crippen molar-refractivity contribution in [2.45, 2.75) is 26.8 Å². The van der Waals surface area contributed by atoms with Crippen LogP contribution in [0.5, 0.6) is 0 Å². The Bertz CT molecular complexity index is 446. The van der Waals surface area contributed by atoms with Crippen LogP contribution in [0, 0.1) is 11.2 Å². The summed E-state index contributed by atoms with van der Waals surface area (Å²) < 4.78 is 15.2. The van der Waals surface area contributed by atoms with Gasteiger partial charge in [0.25, 0.3) is 0 Å². The molecule has 0 amide bonds. The summed E-state index contributed by atoms with van der Waals surface area (Å²) in [6.07, 6.45) is 0. The highest BCUT2D eigenvalue weighted by molar-refractivity contribution is 9.10. The molecule has 0 unspecified atom stereocenters. The minimum Gasteiger partial charge on any atom is -0.314 e. The van der Waals surface area contributed by atoms with Crippen molar-refractivity contribution in [3.05, 3.63) is 34.1 Å². The van der Waals surface area contributed by atoms with Crippen LogP contribution in [0.4, 0.5) is 4.39 Å². The normalized spacial score (nSPS) is 17.6. The van der Waals surface area contributed by atoms with Gasteiger partial charge in [-0.1, -0.05) is 36.7 Å². The Morgan fingerprint density at radius 1 is 1.19 bits per heavy atom. The molecule has 2 rings (SSSR count). The third-order valence-corrected chi connectivity index (χ3v) is 4.08. The number of hydrogen-bond donors (Lipinski definition) is 1. The van der Waals surface area contributed by atoms with Crippen molar-refractivity contribution in [2.75, 3.05) is 26.2 Å². The first kappa shape index (κ1) is 21.1. The van der Waals surface area contributed by atoms with Crippen LogP contribution in [-0.4, -0.2) is 31.1 Å². The lowest BCUT2D eigenvalue weighted by Crippen LogP contribution is -2.48. The summed E-state index contributed by atoms with van der Waals surface area (Å²) in [6.45, 7) is 10.4. The Hall–Kier alpha value is 0.130. The van der Waals surface area contributed by atoms with E-state index in [1.54, 1.807) is 12.1 Å². The van der Waals surface area contributed by atoms with E-state index in [0.29, 0.717) is 0 Å². The van der Waals surface area contributed by atoms with E-state index < -0.39 is 0 Å². The third-order valence-electron chi connectivity index (χ3n) is 3.59. The number of benzene rings is 1. The Morgan fingerprint density at radius 2 is 1.76 bits per heavy atom. The van der Waals surface area contributed by atoms with Crippen LogP contribution >= 0.6 is 40.7 Å². The van der Waals surface area contributed by atoms with Gasteiger partial charge in [-0.25, -0.2) is 4.39 Å². The van der Waals surface area contributed by atoms with Gasteiger partial charge in [0.1, 0.15) is 5.82 Å². The third kappa shape index (κ3) is 5.36. The topological polar surface area (TPSA) is 15.3 Å². The molecule has 1 fully saturated rings. The van der Waals surface area contributed by atoms with Crippen molar-refractivity contribution in [1.29, 1.82) is 0 Å². The minimum absolute atomic E-state index is 0. The molecule has 21 heavy (non-hydrogen) atoms. The highest BCUT2D eigenvalue weighted by atomic mass is 79.9. The maximum absolute atomic E-state index is 14.2. The van der Waals surface area contributed by atoms with Crippen molar-refractivity contribution in [1.82, 2.24) is 10.2 Å². The number of halogens is 4. The molecule has 1 atom stereocenters. The first-order chi connectivity index (χ1) is 8.89. The van der Waals surface area contributed by atoms with Crippen LogP contribution < -0.4 is 5.32 Å². The van der Waals surface area contributed by atoms with Crippen LogP contribution in [0.3, 0.4) is 0 Å². The monoisotopic (exact) mass is 400 g/mol. The van der Waals surface area contributed by atoms with Gasteiger partial charge in [-0.2, -0.15) is 0 Å². The molecule has 1 aromatic carbocycles. The van der Waals surface area contributed by atoms with Crippen LogP contribution in [0.25, 0.3) is 0 Å². The SMILES string of the molecule is CC(C)(C)[C@H](c1cc(Br)ccc1F)N1CCNCC1.Cl.Cl. The summed E-state index contributed by atoms with van der Waals surface area (Å²) in [4.78, 5) is 2.39. The molecule has 0 aliphatic carbocycles. The number of rotatable bonds is 2. The largest absolute Gasteiger partial charge is 0.314 e. The van der Waals surface area contributed by atoms with Gasteiger partial charge >= 0.3 is 0 Å². The smallest absolute Gasteiger partial charge is 0.128 e. The molecule has 0 saturated carbocycles. The van der Waals surface area contributed by atoms with E-state index in [2.05, 4.69) is 46.9 Å². The van der Waals surface area contributed by atoms with Gasteiger partial charge in [-0.3, -0.25) is 4.90 Å². The van der Waals surface area contributed by atoms with Crippen LogP contribution in [0.2, 0.25) is 0 Å². The molecule has 1 aromatic rings. The lowest BCUT2D eigenvalue weighted by Gasteiger charge is -2.42. The summed E-state index contributed by atoms with van der Waals surface area (Å²) in [5.74, 6) is -0.110. The van der Waals surface area contributed by atoms with Crippen molar-refractivity contribution < 1.29 is 4.39 Å². The molecule has 1 aliphatic rings. The molecular formula is C15H24BrCl2FN2. The van der Waals surface area contributed by atoms with Gasteiger partial charge in [0.05, 0.1) is 0 Å². The fraction of sp³-hybridized carbons (Fsp3) is 0.600. The Kier molecular flexibility index (Phi) is 8.74. The highest BCUT2D eigenvalue weighted by Crippen LogP contribution is 2.39. The van der Waals surface area contributed by atoms with E-state index in [-0.39, 0.29) is 42.1 Å². The molecular weight excluding hydrogens is 378 g/mol. The summed E-state index contributed by atoms with van der Waals surface area (Å²) in [6, 6.07) is 5.34. The molecule has 1 saturated heterocycles. The van der Waals surface area contributed by atoms with E-state index in [1.165, 1.54) is 0 Å². The standard InChI is InChI=1S/C15H22BrFN2.2ClH/c1-15(2,3)14(19-8-6-18-7-9-19)12-10-11(16)4-5-13(12)17;;/h4-5,10,14,18H,6-9H2,1-3H3;2*1H/t14-;;/m0../s1. The minimum atomic E-state index is -0.110. The van der Waals surface area contributed by atoms with Gasteiger partial charge in [0.2, 0.25) is 0 Å². The molecule has 122 valence electrons. The summed E-state index contributed by atoms with van der Waals surface area (Å²) in [5, 5.41) is 3.35. The Morgan fingerprint density at radius 3 is 2.29 bits per heavy atom. The zero-order valence-electron chi connectivity index (χ0n) is 12.7. The quantitative estimate of drug-likeness (QED) is 0.788. The predicted octanol–water partition coefficient (Wildman–Crippen LogP) is 4.42. The number of nitrogens with zero attached hydrogens (tertiary/aromatic N) is 1. The van der Waals surface area contributed by atoms with Crippen LogP contribution in [0.1, 0.15) is 32.4 Å². The molecule has 1 N–H and O–H groups in total. The first-order valence-corrected chi connectivity index (χ1v) is 7.58. The first-order valence-electron chi connectivity index (χ1n) is 6.79. The Balaban J connectivity index is 0.00000200. The van der Waals surface area contributed by atoms with Gasteiger partial charge < -0.3 is 5.32 Å². The van der Waals surface area contributed by atoms with E-state index >= 15 is 0 Å². The van der Waals surface area contributed by atoms with Gasteiger partial charge in [-0.15, -0.1) is 24.8 Å². The van der Waals surface area contributed by atoms with E-state index in [1.807, 2.05) is 6.07 Å². The van der Waals surface area contributed by atoms with Gasteiger partial charge in [0, 0.05) is 42.3 Å². The maximum Gasteiger partial charge on any atom is 0.128 e. The molecule has 2 nitrogen and oxygen atoms in total. The molecule has 0 radical (unpaired) electrons. The van der Waals surface area contributed by atoms with Crippen LogP contribution in [-0.2, 0) is 0 Å². The number of piperazine rings is 1. The second-order valence-electron chi connectivity index (χ2n) is 6.22. The van der Waals surface area contributed by atoms with E-state index in [9.17, 15) is 4.39 Å². The molecule has 0 aromatic heterocycles. The molecule has 6 heteroatoms.